The lowest BCUT2D eigenvalue weighted by Gasteiger charge is -2.26. The number of aryl methyl sites for hydroxylation is 2. The smallest absolute Gasteiger partial charge is 0.389 e. The van der Waals surface area contributed by atoms with Crippen molar-refractivity contribution in [1.82, 2.24) is 25.9 Å². The number of hydrogen-bond acceptors (Lipinski definition) is 6. The number of aromatic amines is 1. The lowest BCUT2D eigenvalue weighted by molar-refractivity contribution is -0.136. The predicted molar refractivity (Wildman–Crippen MR) is 121 cm³/mol. The number of benzene rings is 2. The molecular weight excluding hydrogens is 447 g/mol. The van der Waals surface area contributed by atoms with Gasteiger partial charge in [0, 0.05) is 12.1 Å². The lowest BCUT2D eigenvalue weighted by Crippen LogP contribution is -2.32. The quantitative estimate of drug-likeness (QED) is 0.442. The molecule has 0 fully saturated rings. The molecule has 2 aromatic carbocycles. The van der Waals surface area contributed by atoms with E-state index >= 15 is 0 Å². The monoisotopic (exact) mass is 471 g/mol. The van der Waals surface area contributed by atoms with E-state index in [1.54, 1.807) is 24.3 Å². The summed E-state index contributed by atoms with van der Waals surface area (Å²) in [5.41, 5.74) is 5.82. The van der Waals surface area contributed by atoms with Gasteiger partial charge in [0.05, 0.1) is 12.2 Å². The Balaban J connectivity index is 1.62. The van der Waals surface area contributed by atoms with Crippen LogP contribution in [0.25, 0.3) is 16.8 Å². The van der Waals surface area contributed by atoms with E-state index < -0.39 is 18.8 Å². The maximum atomic E-state index is 12.3. The SMILES string of the molecule is Cc1ccc(C2=C(c3nn[nH]n3)C(O)NC(c3ccc(OCCCC(F)(F)F)cc3)=C2)cc1C. The summed E-state index contributed by atoms with van der Waals surface area (Å²) in [7, 11) is 0. The van der Waals surface area contributed by atoms with Gasteiger partial charge in [0.15, 0.2) is 6.23 Å². The summed E-state index contributed by atoms with van der Waals surface area (Å²) in [5, 5.41) is 28.1. The van der Waals surface area contributed by atoms with Gasteiger partial charge < -0.3 is 15.2 Å². The highest BCUT2D eigenvalue weighted by Crippen LogP contribution is 2.35. The highest BCUT2D eigenvalue weighted by Gasteiger charge is 2.28. The Labute approximate surface area is 194 Å². The van der Waals surface area contributed by atoms with E-state index in [2.05, 4.69) is 25.9 Å². The van der Waals surface area contributed by atoms with E-state index in [9.17, 15) is 18.3 Å². The third-order valence-corrected chi connectivity index (χ3v) is 5.59. The molecule has 1 aromatic heterocycles. The summed E-state index contributed by atoms with van der Waals surface area (Å²) in [6.07, 6.45) is -4.35. The van der Waals surface area contributed by atoms with Crippen molar-refractivity contribution in [3.05, 3.63) is 76.6 Å². The van der Waals surface area contributed by atoms with Gasteiger partial charge in [0.2, 0.25) is 5.82 Å². The van der Waals surface area contributed by atoms with E-state index in [4.69, 9.17) is 4.74 Å². The molecule has 1 aliphatic rings. The van der Waals surface area contributed by atoms with E-state index in [0.29, 0.717) is 17.0 Å². The predicted octanol–water partition coefficient (Wildman–Crippen LogP) is 4.41. The molecule has 34 heavy (non-hydrogen) atoms. The third kappa shape index (κ3) is 5.45. The van der Waals surface area contributed by atoms with Crippen LogP contribution in [-0.2, 0) is 0 Å². The average molecular weight is 471 g/mol. The van der Waals surface area contributed by atoms with Gasteiger partial charge in [-0.3, -0.25) is 0 Å². The van der Waals surface area contributed by atoms with Crippen LogP contribution >= 0.6 is 0 Å². The number of ether oxygens (including phenoxy) is 1. The highest BCUT2D eigenvalue weighted by atomic mass is 19.4. The molecule has 0 amide bonds. The number of aromatic nitrogens is 4. The van der Waals surface area contributed by atoms with Crippen LogP contribution in [-0.4, -0.2) is 44.7 Å². The minimum Gasteiger partial charge on any atom is -0.494 e. The van der Waals surface area contributed by atoms with Crippen LogP contribution in [0.2, 0.25) is 0 Å². The fraction of sp³-hybridized carbons (Fsp3) is 0.292. The first-order chi connectivity index (χ1) is 16.2. The minimum atomic E-state index is -4.19. The summed E-state index contributed by atoms with van der Waals surface area (Å²) in [6.45, 7) is 4.02. The molecule has 3 N–H and O–H groups in total. The van der Waals surface area contributed by atoms with E-state index in [-0.39, 0.29) is 18.9 Å². The second-order valence-electron chi connectivity index (χ2n) is 8.06. The lowest BCUT2D eigenvalue weighted by atomic mass is 9.91. The van der Waals surface area contributed by atoms with E-state index in [1.807, 2.05) is 38.1 Å². The zero-order chi connectivity index (χ0) is 24.3. The number of aliphatic hydroxyl groups is 1. The molecule has 0 radical (unpaired) electrons. The highest BCUT2D eigenvalue weighted by molar-refractivity contribution is 6.01. The maximum Gasteiger partial charge on any atom is 0.389 e. The molecule has 1 atom stereocenters. The molecule has 7 nitrogen and oxygen atoms in total. The minimum absolute atomic E-state index is 0.0216. The number of rotatable bonds is 7. The second-order valence-corrected chi connectivity index (χ2v) is 8.06. The Morgan fingerprint density at radius 3 is 2.41 bits per heavy atom. The second kappa shape index (κ2) is 9.68. The van der Waals surface area contributed by atoms with Crippen molar-refractivity contribution in [2.45, 2.75) is 39.1 Å². The van der Waals surface area contributed by atoms with Crippen LogP contribution < -0.4 is 10.1 Å². The number of tetrazole rings is 1. The van der Waals surface area contributed by atoms with Crippen LogP contribution in [0.15, 0.2) is 48.5 Å². The first kappa shape index (κ1) is 23.5. The van der Waals surface area contributed by atoms with Crippen molar-refractivity contribution in [3.8, 4) is 5.75 Å². The number of hydrogen-bond donors (Lipinski definition) is 3. The van der Waals surface area contributed by atoms with Gasteiger partial charge >= 0.3 is 6.18 Å². The molecule has 3 aromatic rings. The van der Waals surface area contributed by atoms with Gasteiger partial charge in [-0.15, -0.1) is 10.2 Å². The Morgan fingerprint density at radius 2 is 1.76 bits per heavy atom. The number of halogens is 3. The van der Waals surface area contributed by atoms with Gasteiger partial charge in [-0.2, -0.15) is 18.4 Å². The summed E-state index contributed by atoms with van der Waals surface area (Å²) in [5.74, 6) is 0.756. The molecule has 0 saturated heterocycles. The molecule has 4 rings (SSSR count). The molecule has 0 bridgehead atoms. The Bertz CT molecular complexity index is 1200. The first-order valence-electron chi connectivity index (χ1n) is 10.7. The molecule has 1 unspecified atom stereocenters. The number of nitrogens with zero attached hydrogens (tertiary/aromatic N) is 3. The summed E-state index contributed by atoms with van der Waals surface area (Å²) < 4.78 is 42.3. The van der Waals surface area contributed by atoms with E-state index in [0.717, 1.165) is 27.8 Å². The topological polar surface area (TPSA) is 96.0 Å². The molecular formula is C24H24F3N5O2. The zero-order valence-corrected chi connectivity index (χ0v) is 18.6. The number of allylic oxidation sites excluding steroid dienone is 2. The number of H-pyrrole nitrogens is 1. The van der Waals surface area contributed by atoms with Gasteiger partial charge in [-0.05, 0) is 83.7 Å². The summed E-state index contributed by atoms with van der Waals surface area (Å²) >= 11 is 0. The Morgan fingerprint density at radius 1 is 1.03 bits per heavy atom. The van der Waals surface area contributed by atoms with Crippen molar-refractivity contribution >= 4 is 16.8 Å². The van der Waals surface area contributed by atoms with Crippen LogP contribution in [0, 0.1) is 13.8 Å². The standard InChI is InChI=1S/C24H24F3N5O2/c1-14-4-5-17(12-15(14)2)19-13-20(28-23(33)21(19)22-29-31-32-30-22)16-6-8-18(9-7-16)34-11-3-10-24(25,26)27/h4-9,12-13,23,28,33H,3,10-11H2,1-2H3,(H,29,30,31,32). The summed E-state index contributed by atoms with van der Waals surface area (Å²) in [4.78, 5) is 0. The van der Waals surface area contributed by atoms with Crippen molar-refractivity contribution in [2.24, 2.45) is 0 Å². The molecule has 0 saturated carbocycles. The van der Waals surface area contributed by atoms with Gasteiger partial charge in [-0.1, -0.05) is 18.2 Å². The van der Waals surface area contributed by atoms with Crippen LogP contribution in [0.3, 0.4) is 0 Å². The largest absolute Gasteiger partial charge is 0.494 e. The van der Waals surface area contributed by atoms with Gasteiger partial charge in [0.25, 0.3) is 0 Å². The van der Waals surface area contributed by atoms with Gasteiger partial charge in [-0.25, -0.2) is 0 Å². The normalized spacial score (nSPS) is 16.3. The Kier molecular flexibility index (Phi) is 6.69. The molecule has 10 heteroatoms. The number of nitrogens with one attached hydrogen (secondary N) is 2. The van der Waals surface area contributed by atoms with Crippen LogP contribution in [0.4, 0.5) is 13.2 Å². The van der Waals surface area contributed by atoms with E-state index in [1.165, 1.54) is 0 Å². The fourth-order valence-corrected chi connectivity index (χ4v) is 3.66. The number of dihydropyridines is 1. The van der Waals surface area contributed by atoms with Crippen molar-refractivity contribution < 1.29 is 23.0 Å². The number of aliphatic hydroxyl groups excluding tert-OH is 1. The average Bonchev–Trinajstić information content (AvgIpc) is 3.32. The molecule has 0 spiro atoms. The number of alkyl halides is 3. The van der Waals surface area contributed by atoms with Gasteiger partial charge in [0.1, 0.15) is 5.75 Å². The maximum absolute atomic E-state index is 12.3. The van der Waals surface area contributed by atoms with Crippen LogP contribution in [0.1, 0.15) is 40.9 Å². The first-order valence-corrected chi connectivity index (χ1v) is 10.7. The molecule has 178 valence electrons. The van der Waals surface area contributed by atoms with Crippen molar-refractivity contribution in [2.75, 3.05) is 6.61 Å². The molecule has 0 aliphatic carbocycles. The summed E-state index contributed by atoms with van der Waals surface area (Å²) in [6, 6.07) is 13.0. The van der Waals surface area contributed by atoms with Crippen molar-refractivity contribution in [3.63, 3.8) is 0 Å². The Hall–Kier alpha value is -3.66. The fourth-order valence-electron chi connectivity index (χ4n) is 3.66. The third-order valence-electron chi connectivity index (χ3n) is 5.59. The molecule has 1 aliphatic heterocycles. The van der Waals surface area contributed by atoms with Crippen molar-refractivity contribution in [1.29, 1.82) is 0 Å². The van der Waals surface area contributed by atoms with Crippen LogP contribution in [0.5, 0.6) is 5.75 Å². The molecule has 2 heterocycles. The zero-order valence-electron chi connectivity index (χ0n) is 18.6.